The fraction of sp³-hybridized carbons (Fsp3) is 0.818. The Balaban J connectivity index is 1.36. The average Bonchev–Trinajstić information content (AvgIpc) is 3.29. The van der Waals surface area contributed by atoms with E-state index in [0.29, 0.717) is 11.7 Å². The van der Waals surface area contributed by atoms with Crippen molar-refractivity contribution in [1.82, 2.24) is 15.0 Å². The molecule has 1 radical (unpaired) electrons. The molecule has 0 saturated heterocycles. The largest absolute Gasteiger partial charge is 0.352 e. The smallest absolute Gasteiger partial charge is 0.178 e. The summed E-state index contributed by atoms with van der Waals surface area (Å²) in [5.41, 5.74) is 2.32. The summed E-state index contributed by atoms with van der Waals surface area (Å²) in [5, 5.41) is 1.18. The predicted molar refractivity (Wildman–Crippen MR) is 161 cm³/mol. The third kappa shape index (κ3) is 10.8. The zero-order valence-corrected chi connectivity index (χ0v) is 24.0. The van der Waals surface area contributed by atoms with Crippen LogP contribution in [0.4, 0.5) is 0 Å². The summed E-state index contributed by atoms with van der Waals surface area (Å²) < 4.78 is 0. The summed E-state index contributed by atoms with van der Waals surface area (Å²) in [4.78, 5) is 13.7. The van der Waals surface area contributed by atoms with Crippen molar-refractivity contribution in [2.45, 2.75) is 172 Å². The van der Waals surface area contributed by atoms with Gasteiger partial charge in [-0.25, -0.2) is 9.97 Å². The van der Waals surface area contributed by atoms with Gasteiger partial charge in [0.05, 0.1) is 0 Å². The molecule has 0 bridgehead atoms. The molecule has 2 heterocycles. The molecular formula is C33H55BN3. The minimum atomic E-state index is 0.531. The number of nitrogens with zero attached hydrogens (tertiary/aromatic N) is 2. The first kappa shape index (κ1) is 28.7. The molecule has 2 aliphatic carbocycles. The molecule has 0 aliphatic heterocycles. The van der Waals surface area contributed by atoms with Crippen LogP contribution in [0.1, 0.15) is 172 Å². The van der Waals surface area contributed by atoms with Crippen LogP contribution in [0.5, 0.6) is 0 Å². The molecule has 2 aliphatic rings. The van der Waals surface area contributed by atoms with Crippen molar-refractivity contribution in [2.24, 2.45) is 0 Å². The Bertz CT molecular complexity index is 834. The monoisotopic (exact) mass is 504 g/mol. The molecule has 3 nitrogen and oxygen atoms in total. The van der Waals surface area contributed by atoms with Gasteiger partial charge < -0.3 is 4.98 Å². The number of H-pyrrole nitrogens is 1. The fourth-order valence-corrected chi connectivity index (χ4v) is 6.80. The highest BCUT2D eigenvalue weighted by molar-refractivity contribution is 6.54. The maximum atomic E-state index is 5.11. The highest BCUT2D eigenvalue weighted by Gasteiger charge is 2.18. The number of rotatable bonds is 3. The first-order valence-corrected chi connectivity index (χ1v) is 16.6. The molecular weight excluding hydrogens is 449 g/mol. The second-order valence-electron chi connectivity index (χ2n) is 12.5. The van der Waals surface area contributed by atoms with Gasteiger partial charge in [-0.3, -0.25) is 0 Å². The van der Waals surface area contributed by atoms with E-state index in [1.807, 2.05) is 0 Å². The van der Waals surface area contributed by atoms with Crippen LogP contribution in [0.2, 0.25) is 5.82 Å². The number of aromatic nitrogens is 3. The first-order chi connectivity index (χ1) is 18.4. The summed E-state index contributed by atoms with van der Waals surface area (Å²) >= 11 is 0. The Hall–Kier alpha value is -1.32. The first-order valence-electron chi connectivity index (χ1n) is 16.6. The topological polar surface area (TPSA) is 41.6 Å². The molecule has 2 fully saturated rings. The van der Waals surface area contributed by atoms with Gasteiger partial charge in [-0.2, -0.15) is 0 Å². The Morgan fingerprint density at radius 3 is 1.49 bits per heavy atom. The third-order valence-electron chi connectivity index (χ3n) is 9.19. The Morgan fingerprint density at radius 1 is 0.568 bits per heavy atom. The second-order valence-corrected chi connectivity index (χ2v) is 12.5. The lowest BCUT2D eigenvalue weighted by Gasteiger charge is -2.16. The van der Waals surface area contributed by atoms with Crippen LogP contribution < -0.4 is 5.59 Å². The van der Waals surface area contributed by atoms with Gasteiger partial charge in [-0.1, -0.05) is 153 Å². The molecule has 2 aromatic rings. The molecule has 4 heteroatoms. The van der Waals surface area contributed by atoms with Crippen LogP contribution in [0.15, 0.2) is 12.3 Å². The summed E-state index contributed by atoms with van der Waals surface area (Å²) in [6, 6.07) is 2.30. The van der Waals surface area contributed by atoms with Crippen molar-refractivity contribution in [3.05, 3.63) is 18.1 Å². The lowest BCUT2D eigenvalue weighted by Crippen LogP contribution is -2.21. The summed E-state index contributed by atoms with van der Waals surface area (Å²) in [6.07, 6.45) is 37.0. The van der Waals surface area contributed by atoms with Crippen molar-refractivity contribution in [3.63, 3.8) is 0 Å². The van der Waals surface area contributed by atoms with Crippen molar-refractivity contribution in [1.29, 1.82) is 0 Å². The van der Waals surface area contributed by atoms with Crippen molar-refractivity contribution < 1.29 is 0 Å². The second kappa shape index (κ2) is 17.3. The lowest BCUT2D eigenvalue weighted by molar-refractivity contribution is 0.456. The zero-order chi connectivity index (χ0) is 25.4. The Labute approximate surface area is 229 Å². The number of fused-ring (bicyclic) bond motifs is 1. The van der Waals surface area contributed by atoms with Crippen LogP contribution in [0.25, 0.3) is 11.0 Å². The number of aromatic amines is 1. The van der Waals surface area contributed by atoms with Crippen LogP contribution in [0.3, 0.4) is 0 Å². The number of nitrogens with one attached hydrogen (secondary N) is 1. The third-order valence-corrected chi connectivity index (χ3v) is 9.19. The number of hydrogen-bond acceptors (Lipinski definition) is 2. The minimum absolute atomic E-state index is 0.531. The van der Waals surface area contributed by atoms with Gasteiger partial charge in [0, 0.05) is 17.5 Å². The molecule has 0 aromatic carbocycles. The highest BCUT2D eigenvalue weighted by atomic mass is 14.9. The highest BCUT2D eigenvalue weighted by Crippen LogP contribution is 2.29. The number of hydrogen-bond donors (Lipinski definition) is 1. The van der Waals surface area contributed by atoms with E-state index >= 15 is 0 Å². The minimum Gasteiger partial charge on any atom is -0.352 e. The van der Waals surface area contributed by atoms with E-state index in [4.69, 9.17) is 9.97 Å². The lowest BCUT2D eigenvalue weighted by atomic mass is 9.58. The van der Waals surface area contributed by atoms with Crippen LogP contribution >= 0.6 is 0 Å². The summed E-state index contributed by atoms with van der Waals surface area (Å²) in [5.74, 6) is 2.31. The van der Waals surface area contributed by atoms with Crippen LogP contribution in [0, 0.1) is 0 Å². The molecule has 4 rings (SSSR count). The average molecular weight is 505 g/mol. The van der Waals surface area contributed by atoms with Gasteiger partial charge in [0.15, 0.2) is 7.28 Å². The predicted octanol–water partition coefficient (Wildman–Crippen LogP) is 9.94. The maximum absolute atomic E-state index is 5.11. The van der Waals surface area contributed by atoms with E-state index in [-0.39, 0.29) is 0 Å². The van der Waals surface area contributed by atoms with Crippen molar-refractivity contribution in [2.75, 3.05) is 0 Å². The standard InChI is InChI=1S/C33H55BN3/c1-2-4-9-13-17-21-25-30(24-20-16-12-8-3-1)34-31-26-29-27-35-32(37-33(29)36-31)28-22-18-14-10-6-5-7-11-15-19-23-28/h26-28,30H,1-25H2,(H,35,36,37). The van der Waals surface area contributed by atoms with E-state index in [0.717, 1.165) is 11.5 Å². The maximum Gasteiger partial charge on any atom is 0.178 e. The van der Waals surface area contributed by atoms with Gasteiger partial charge >= 0.3 is 0 Å². The quantitative estimate of drug-likeness (QED) is 0.423. The molecule has 2 aromatic heterocycles. The van der Waals surface area contributed by atoms with E-state index < -0.39 is 0 Å². The van der Waals surface area contributed by atoms with Gasteiger partial charge in [0.1, 0.15) is 11.5 Å². The Kier molecular flexibility index (Phi) is 13.4. The van der Waals surface area contributed by atoms with E-state index in [1.165, 1.54) is 172 Å². The van der Waals surface area contributed by atoms with Crippen LogP contribution in [-0.2, 0) is 0 Å². The molecule has 0 unspecified atom stereocenters. The molecule has 2 saturated carbocycles. The SMILES string of the molecule is [B](c1cc2cnc(C3CCCCCCCCCCC3)nc2[nH]1)C1CCCCCCCCCCCCCC1. The van der Waals surface area contributed by atoms with Gasteiger partial charge in [-0.05, 0) is 24.5 Å². The van der Waals surface area contributed by atoms with Crippen LogP contribution in [-0.4, -0.2) is 22.2 Å². The van der Waals surface area contributed by atoms with Gasteiger partial charge in [-0.15, -0.1) is 0 Å². The normalized spacial score (nSPS) is 22.4. The molecule has 37 heavy (non-hydrogen) atoms. The fourth-order valence-electron chi connectivity index (χ4n) is 6.80. The van der Waals surface area contributed by atoms with E-state index in [1.54, 1.807) is 0 Å². The molecule has 0 spiro atoms. The Morgan fingerprint density at radius 2 is 1.00 bits per heavy atom. The van der Waals surface area contributed by atoms with Gasteiger partial charge in [0.2, 0.25) is 0 Å². The molecule has 205 valence electrons. The summed E-state index contributed by atoms with van der Waals surface area (Å²) in [6.45, 7) is 0. The summed E-state index contributed by atoms with van der Waals surface area (Å²) in [7, 11) is 2.54. The molecule has 0 amide bonds. The van der Waals surface area contributed by atoms with E-state index in [2.05, 4.69) is 24.5 Å². The molecule has 1 N–H and O–H groups in total. The van der Waals surface area contributed by atoms with Crippen molar-refractivity contribution in [3.8, 4) is 0 Å². The molecule has 0 atom stereocenters. The van der Waals surface area contributed by atoms with E-state index in [9.17, 15) is 0 Å². The van der Waals surface area contributed by atoms with Crippen molar-refractivity contribution >= 4 is 23.9 Å². The zero-order valence-electron chi connectivity index (χ0n) is 24.0. The van der Waals surface area contributed by atoms with Gasteiger partial charge in [0.25, 0.3) is 0 Å².